The number of carboxylic acid groups (broad SMARTS) is 1. The van der Waals surface area contributed by atoms with Gasteiger partial charge in [0.15, 0.2) is 0 Å². The van der Waals surface area contributed by atoms with Gasteiger partial charge in [-0.2, -0.15) is 0 Å². The molecule has 0 unspecified atom stereocenters. The van der Waals surface area contributed by atoms with Crippen LogP contribution in [0.5, 0.6) is 5.75 Å². The Morgan fingerprint density at radius 1 is 1.37 bits per heavy atom. The fraction of sp³-hybridized carbons (Fsp3) is 0.0769. The number of hydrogen-bond acceptors (Lipinski definition) is 3. The predicted octanol–water partition coefficient (Wildman–Crippen LogP) is 3.15. The molecule has 0 saturated heterocycles. The third-order valence-electron chi connectivity index (χ3n) is 2.35. The van der Waals surface area contributed by atoms with Crippen LogP contribution < -0.4 is 4.74 Å². The maximum Gasteiger partial charge on any atom is 0.338 e. The highest BCUT2D eigenvalue weighted by atomic mass is 35.5. The summed E-state index contributed by atoms with van der Waals surface area (Å²) < 4.78 is 18.6. The van der Waals surface area contributed by atoms with Crippen LogP contribution in [0.4, 0.5) is 4.39 Å². The van der Waals surface area contributed by atoms with E-state index >= 15 is 0 Å². The Morgan fingerprint density at radius 2 is 2.16 bits per heavy atom. The summed E-state index contributed by atoms with van der Waals surface area (Å²) in [5.74, 6) is -1.64. The van der Waals surface area contributed by atoms with Crippen LogP contribution in [0.1, 0.15) is 15.9 Å². The normalized spacial score (nSPS) is 10.2. The van der Waals surface area contributed by atoms with E-state index in [0.717, 1.165) is 6.07 Å². The lowest BCUT2D eigenvalue weighted by Crippen LogP contribution is -2.03. The molecule has 0 amide bonds. The van der Waals surface area contributed by atoms with Gasteiger partial charge in [0.05, 0.1) is 16.8 Å². The molecular formula is C13H9ClFNO3. The second kappa shape index (κ2) is 5.67. The average Bonchev–Trinajstić information content (AvgIpc) is 2.37. The summed E-state index contributed by atoms with van der Waals surface area (Å²) in [7, 11) is 0. The van der Waals surface area contributed by atoms with E-state index in [0.29, 0.717) is 16.3 Å². The number of benzene rings is 1. The van der Waals surface area contributed by atoms with Gasteiger partial charge in [0, 0.05) is 12.3 Å². The zero-order chi connectivity index (χ0) is 13.8. The summed E-state index contributed by atoms with van der Waals surface area (Å²) in [5, 5.41) is 9.24. The Labute approximate surface area is 113 Å². The Morgan fingerprint density at radius 3 is 2.84 bits per heavy atom. The van der Waals surface area contributed by atoms with Crippen molar-refractivity contribution in [3.63, 3.8) is 0 Å². The van der Waals surface area contributed by atoms with Crippen LogP contribution in [-0.4, -0.2) is 16.1 Å². The summed E-state index contributed by atoms with van der Waals surface area (Å²) in [6, 6.07) is 5.37. The van der Waals surface area contributed by atoms with Crippen molar-refractivity contribution in [2.75, 3.05) is 0 Å². The van der Waals surface area contributed by atoms with Crippen molar-refractivity contribution in [2.45, 2.75) is 6.61 Å². The van der Waals surface area contributed by atoms with Crippen molar-refractivity contribution >= 4 is 17.6 Å². The minimum Gasteiger partial charge on any atom is -0.487 e. The maximum atomic E-state index is 13.2. The quantitative estimate of drug-likeness (QED) is 0.935. The molecule has 2 aromatic rings. The first kappa shape index (κ1) is 13.3. The Kier molecular flexibility index (Phi) is 3.97. The molecule has 0 saturated carbocycles. The molecule has 0 fully saturated rings. The van der Waals surface area contributed by atoms with Crippen LogP contribution in [0.2, 0.25) is 5.02 Å². The molecule has 2 rings (SSSR count). The van der Waals surface area contributed by atoms with Crippen molar-refractivity contribution in [3.8, 4) is 5.75 Å². The molecule has 0 bridgehead atoms. The molecule has 6 heteroatoms. The van der Waals surface area contributed by atoms with Crippen LogP contribution in [0.3, 0.4) is 0 Å². The van der Waals surface area contributed by atoms with E-state index in [1.165, 1.54) is 24.5 Å². The smallest absolute Gasteiger partial charge is 0.338 e. The Balaban J connectivity index is 2.12. The summed E-state index contributed by atoms with van der Waals surface area (Å²) in [4.78, 5) is 14.6. The van der Waals surface area contributed by atoms with Gasteiger partial charge >= 0.3 is 5.97 Å². The van der Waals surface area contributed by atoms with E-state index in [1.807, 2.05) is 0 Å². The number of carbonyl (C=O) groups is 1. The third kappa shape index (κ3) is 3.42. The van der Waals surface area contributed by atoms with E-state index in [-0.39, 0.29) is 12.2 Å². The zero-order valence-corrected chi connectivity index (χ0v) is 10.4. The molecule has 0 aliphatic heterocycles. The molecular weight excluding hydrogens is 273 g/mol. The summed E-state index contributed by atoms with van der Waals surface area (Å²) in [6.45, 7) is 0.0998. The second-order valence-corrected chi connectivity index (χ2v) is 4.18. The molecule has 4 nitrogen and oxygen atoms in total. The number of carboxylic acids is 1. The van der Waals surface area contributed by atoms with E-state index in [2.05, 4.69) is 4.98 Å². The molecule has 0 spiro atoms. The van der Waals surface area contributed by atoms with Gasteiger partial charge in [0.1, 0.15) is 18.2 Å². The SMILES string of the molecule is O=C(O)c1cc(COc2cncc(Cl)c2)ccc1F. The van der Waals surface area contributed by atoms with Crippen molar-refractivity contribution in [1.29, 1.82) is 0 Å². The number of pyridine rings is 1. The molecule has 1 aromatic heterocycles. The standard InChI is InChI=1S/C13H9ClFNO3/c14-9-4-10(6-16-5-9)19-7-8-1-2-12(15)11(3-8)13(17)18/h1-6H,7H2,(H,17,18). The topological polar surface area (TPSA) is 59.4 Å². The number of nitrogens with zero attached hydrogens (tertiary/aromatic N) is 1. The molecule has 0 aliphatic rings. The Hall–Kier alpha value is -2.14. The molecule has 0 atom stereocenters. The zero-order valence-electron chi connectivity index (χ0n) is 9.64. The molecule has 98 valence electrons. The molecule has 19 heavy (non-hydrogen) atoms. The van der Waals surface area contributed by atoms with E-state index < -0.39 is 11.8 Å². The van der Waals surface area contributed by atoms with Gasteiger partial charge in [0.2, 0.25) is 0 Å². The molecule has 1 aromatic carbocycles. The number of rotatable bonds is 4. The van der Waals surface area contributed by atoms with Crippen molar-refractivity contribution in [3.05, 3.63) is 58.6 Å². The summed E-state index contributed by atoms with van der Waals surface area (Å²) in [6.07, 6.45) is 2.95. The number of ether oxygens (including phenoxy) is 1. The van der Waals surface area contributed by atoms with Crippen molar-refractivity contribution in [1.82, 2.24) is 4.98 Å². The van der Waals surface area contributed by atoms with Gasteiger partial charge in [-0.05, 0) is 17.7 Å². The number of hydrogen-bond donors (Lipinski definition) is 1. The molecule has 0 radical (unpaired) electrons. The summed E-state index contributed by atoms with van der Waals surface area (Å²) in [5.41, 5.74) is 0.157. The lowest BCUT2D eigenvalue weighted by atomic mass is 10.1. The molecule has 1 N–H and O–H groups in total. The first-order chi connectivity index (χ1) is 9.06. The van der Waals surface area contributed by atoms with E-state index in [4.69, 9.17) is 21.4 Å². The number of halogens is 2. The van der Waals surface area contributed by atoms with Gasteiger partial charge < -0.3 is 9.84 Å². The van der Waals surface area contributed by atoms with Crippen LogP contribution >= 0.6 is 11.6 Å². The van der Waals surface area contributed by atoms with E-state index in [9.17, 15) is 9.18 Å². The lowest BCUT2D eigenvalue weighted by molar-refractivity contribution is 0.0691. The van der Waals surface area contributed by atoms with Crippen LogP contribution in [-0.2, 0) is 6.61 Å². The monoisotopic (exact) mass is 281 g/mol. The van der Waals surface area contributed by atoms with Gasteiger partial charge in [-0.3, -0.25) is 4.98 Å². The lowest BCUT2D eigenvalue weighted by Gasteiger charge is -2.07. The average molecular weight is 282 g/mol. The van der Waals surface area contributed by atoms with Crippen LogP contribution in [0, 0.1) is 5.82 Å². The van der Waals surface area contributed by atoms with Gasteiger partial charge in [-0.25, -0.2) is 9.18 Å². The molecule has 0 aliphatic carbocycles. The number of aromatic nitrogens is 1. The molecule has 1 heterocycles. The summed E-state index contributed by atoms with van der Waals surface area (Å²) >= 11 is 5.74. The van der Waals surface area contributed by atoms with Gasteiger partial charge in [-0.1, -0.05) is 17.7 Å². The van der Waals surface area contributed by atoms with Gasteiger partial charge in [-0.15, -0.1) is 0 Å². The first-order valence-corrected chi connectivity index (χ1v) is 5.69. The van der Waals surface area contributed by atoms with Crippen LogP contribution in [0.15, 0.2) is 36.7 Å². The van der Waals surface area contributed by atoms with Crippen molar-refractivity contribution < 1.29 is 19.0 Å². The van der Waals surface area contributed by atoms with Gasteiger partial charge in [0.25, 0.3) is 0 Å². The minimum absolute atomic E-state index is 0.0998. The fourth-order valence-corrected chi connectivity index (χ4v) is 1.63. The fourth-order valence-electron chi connectivity index (χ4n) is 1.46. The highest BCUT2D eigenvalue weighted by Gasteiger charge is 2.11. The highest BCUT2D eigenvalue weighted by Crippen LogP contribution is 2.17. The highest BCUT2D eigenvalue weighted by molar-refractivity contribution is 6.30. The Bertz CT molecular complexity index is 619. The second-order valence-electron chi connectivity index (χ2n) is 3.75. The number of aromatic carboxylic acids is 1. The predicted molar refractivity (Wildman–Crippen MR) is 66.9 cm³/mol. The van der Waals surface area contributed by atoms with E-state index in [1.54, 1.807) is 6.07 Å². The first-order valence-electron chi connectivity index (χ1n) is 5.31. The largest absolute Gasteiger partial charge is 0.487 e. The van der Waals surface area contributed by atoms with Crippen molar-refractivity contribution in [2.24, 2.45) is 0 Å². The third-order valence-corrected chi connectivity index (χ3v) is 2.55. The maximum absolute atomic E-state index is 13.2. The van der Waals surface area contributed by atoms with Crippen LogP contribution in [0.25, 0.3) is 0 Å². The minimum atomic E-state index is -1.32.